The average molecular weight is 186 g/mol. The van der Waals surface area contributed by atoms with Crippen LogP contribution in [0, 0.1) is 0 Å². The highest BCUT2D eigenvalue weighted by Crippen LogP contribution is 2.08. The van der Waals surface area contributed by atoms with Gasteiger partial charge in [0.15, 0.2) is 0 Å². The molecule has 1 fully saturated rings. The van der Waals surface area contributed by atoms with Crippen LogP contribution in [-0.4, -0.2) is 50.7 Å². The van der Waals surface area contributed by atoms with E-state index in [9.17, 15) is 4.79 Å². The fourth-order valence-corrected chi connectivity index (χ4v) is 1.59. The van der Waals surface area contributed by atoms with Crippen molar-refractivity contribution in [2.45, 2.75) is 18.9 Å². The number of carbonyl (C=O) groups is 1. The minimum atomic E-state index is 0.0659. The van der Waals surface area contributed by atoms with E-state index in [1.54, 1.807) is 12.0 Å². The summed E-state index contributed by atoms with van der Waals surface area (Å²) in [6.45, 7) is 2.17. The summed E-state index contributed by atoms with van der Waals surface area (Å²) in [5.74, 6) is 0.0659. The number of amides is 1. The van der Waals surface area contributed by atoms with Crippen molar-refractivity contribution < 1.29 is 9.53 Å². The van der Waals surface area contributed by atoms with Crippen LogP contribution in [0.15, 0.2) is 0 Å². The molecule has 0 aromatic rings. The van der Waals surface area contributed by atoms with E-state index in [-0.39, 0.29) is 12.5 Å². The van der Waals surface area contributed by atoms with Gasteiger partial charge >= 0.3 is 0 Å². The van der Waals surface area contributed by atoms with Crippen molar-refractivity contribution >= 4 is 5.91 Å². The largest absolute Gasteiger partial charge is 0.375 e. The zero-order valence-corrected chi connectivity index (χ0v) is 8.38. The lowest BCUT2D eigenvalue weighted by atomic mass is 10.1. The highest BCUT2D eigenvalue weighted by molar-refractivity contribution is 5.77. The second-order valence-electron chi connectivity index (χ2n) is 3.44. The van der Waals surface area contributed by atoms with E-state index in [0.29, 0.717) is 6.04 Å². The topological polar surface area (TPSA) is 41.6 Å². The average Bonchev–Trinajstić information content (AvgIpc) is 2.18. The third kappa shape index (κ3) is 2.97. The summed E-state index contributed by atoms with van der Waals surface area (Å²) in [4.78, 5) is 13.2. The molecule has 0 aromatic carbocycles. The molecule has 4 heteroatoms. The molecule has 0 bridgehead atoms. The quantitative estimate of drug-likeness (QED) is 0.666. The Balaban J connectivity index is 2.35. The zero-order chi connectivity index (χ0) is 9.68. The van der Waals surface area contributed by atoms with E-state index in [2.05, 4.69) is 5.32 Å². The van der Waals surface area contributed by atoms with Crippen LogP contribution < -0.4 is 5.32 Å². The Morgan fingerprint density at radius 1 is 1.69 bits per heavy atom. The molecule has 1 N–H and O–H groups in total. The predicted octanol–water partition coefficient (Wildman–Crippen LogP) is -0.157. The lowest BCUT2D eigenvalue weighted by Gasteiger charge is -2.31. The first kappa shape index (κ1) is 10.5. The standard InChI is InChI=1S/C9H18N2O2/c1-11(9(12)7-13-2)8-4-3-5-10-6-8/h8,10H,3-7H2,1-2H3. The molecule has 76 valence electrons. The van der Waals surface area contributed by atoms with Crippen LogP contribution >= 0.6 is 0 Å². The Labute approximate surface area is 79.2 Å². The van der Waals surface area contributed by atoms with Crippen LogP contribution in [0.5, 0.6) is 0 Å². The SMILES string of the molecule is COCC(=O)N(C)C1CCCNC1. The maximum atomic E-state index is 11.4. The summed E-state index contributed by atoms with van der Waals surface area (Å²) in [6, 6.07) is 0.344. The Morgan fingerprint density at radius 2 is 2.46 bits per heavy atom. The van der Waals surface area contributed by atoms with Gasteiger partial charge in [0.05, 0.1) is 0 Å². The van der Waals surface area contributed by atoms with Crippen LogP contribution in [0.1, 0.15) is 12.8 Å². The van der Waals surface area contributed by atoms with Gasteiger partial charge in [-0.1, -0.05) is 0 Å². The summed E-state index contributed by atoms with van der Waals surface area (Å²) < 4.78 is 4.80. The van der Waals surface area contributed by atoms with Gasteiger partial charge in [-0.15, -0.1) is 0 Å². The van der Waals surface area contributed by atoms with Crippen molar-refractivity contribution in [1.29, 1.82) is 0 Å². The molecule has 1 amide bonds. The molecule has 13 heavy (non-hydrogen) atoms. The summed E-state index contributed by atoms with van der Waals surface area (Å²) in [5, 5.41) is 3.28. The number of ether oxygens (including phenoxy) is 1. The van der Waals surface area contributed by atoms with Crippen LogP contribution in [-0.2, 0) is 9.53 Å². The predicted molar refractivity (Wildman–Crippen MR) is 50.5 cm³/mol. The highest BCUT2D eigenvalue weighted by Gasteiger charge is 2.21. The molecule has 1 aliphatic heterocycles. The van der Waals surface area contributed by atoms with Crippen molar-refractivity contribution in [2.75, 3.05) is 33.9 Å². The van der Waals surface area contributed by atoms with E-state index in [4.69, 9.17) is 4.74 Å². The highest BCUT2D eigenvalue weighted by atomic mass is 16.5. The van der Waals surface area contributed by atoms with E-state index < -0.39 is 0 Å². The van der Waals surface area contributed by atoms with Gasteiger partial charge < -0.3 is 15.0 Å². The molecule has 1 aliphatic rings. The summed E-state index contributed by atoms with van der Waals surface area (Å²) in [7, 11) is 3.39. The Hall–Kier alpha value is -0.610. The summed E-state index contributed by atoms with van der Waals surface area (Å²) in [6.07, 6.45) is 2.24. The fourth-order valence-electron chi connectivity index (χ4n) is 1.59. The maximum absolute atomic E-state index is 11.4. The monoisotopic (exact) mass is 186 g/mol. The minimum Gasteiger partial charge on any atom is -0.375 e. The minimum absolute atomic E-state index is 0.0659. The summed E-state index contributed by atoms with van der Waals surface area (Å²) >= 11 is 0. The number of likely N-dealkylation sites (N-methyl/N-ethyl adjacent to an activating group) is 1. The lowest BCUT2D eigenvalue weighted by molar-refractivity contribution is -0.136. The van der Waals surface area contributed by atoms with Crippen LogP contribution in [0.25, 0.3) is 0 Å². The van der Waals surface area contributed by atoms with E-state index in [0.717, 1.165) is 25.9 Å². The molecule has 0 aromatic heterocycles. The van der Waals surface area contributed by atoms with Gasteiger partial charge in [-0.05, 0) is 19.4 Å². The third-order valence-electron chi connectivity index (χ3n) is 2.48. The van der Waals surface area contributed by atoms with Gasteiger partial charge in [-0.2, -0.15) is 0 Å². The lowest BCUT2D eigenvalue weighted by Crippen LogP contribution is -2.47. The second-order valence-corrected chi connectivity index (χ2v) is 3.44. The normalized spacial score (nSPS) is 22.8. The molecule has 1 heterocycles. The Morgan fingerprint density at radius 3 is 3.00 bits per heavy atom. The number of nitrogens with zero attached hydrogens (tertiary/aromatic N) is 1. The zero-order valence-electron chi connectivity index (χ0n) is 8.38. The molecule has 0 aliphatic carbocycles. The second kappa shape index (κ2) is 5.19. The third-order valence-corrected chi connectivity index (χ3v) is 2.48. The number of hydrogen-bond acceptors (Lipinski definition) is 3. The van der Waals surface area contributed by atoms with E-state index >= 15 is 0 Å². The van der Waals surface area contributed by atoms with Crippen molar-refractivity contribution in [1.82, 2.24) is 10.2 Å². The van der Waals surface area contributed by atoms with Crippen molar-refractivity contribution in [3.05, 3.63) is 0 Å². The molecule has 0 radical (unpaired) electrons. The molecule has 1 saturated heterocycles. The Bertz CT molecular complexity index is 167. The molecular formula is C9H18N2O2. The smallest absolute Gasteiger partial charge is 0.248 e. The van der Waals surface area contributed by atoms with Crippen molar-refractivity contribution in [3.8, 4) is 0 Å². The Kier molecular flexibility index (Phi) is 4.18. The van der Waals surface area contributed by atoms with Crippen molar-refractivity contribution in [3.63, 3.8) is 0 Å². The summed E-state index contributed by atoms with van der Waals surface area (Å²) in [5.41, 5.74) is 0. The molecule has 1 rings (SSSR count). The van der Waals surface area contributed by atoms with Gasteiger partial charge in [0.25, 0.3) is 0 Å². The number of carbonyl (C=O) groups excluding carboxylic acids is 1. The van der Waals surface area contributed by atoms with Gasteiger partial charge in [0.1, 0.15) is 6.61 Å². The maximum Gasteiger partial charge on any atom is 0.248 e. The molecule has 4 nitrogen and oxygen atoms in total. The molecular weight excluding hydrogens is 168 g/mol. The molecule has 1 unspecified atom stereocenters. The number of methoxy groups -OCH3 is 1. The van der Waals surface area contributed by atoms with Gasteiger partial charge in [0, 0.05) is 26.7 Å². The van der Waals surface area contributed by atoms with Gasteiger partial charge in [0.2, 0.25) is 5.91 Å². The van der Waals surface area contributed by atoms with Gasteiger partial charge in [-0.25, -0.2) is 0 Å². The molecule has 0 saturated carbocycles. The molecule has 1 atom stereocenters. The van der Waals surface area contributed by atoms with Crippen LogP contribution in [0.2, 0.25) is 0 Å². The van der Waals surface area contributed by atoms with Crippen molar-refractivity contribution in [2.24, 2.45) is 0 Å². The first-order valence-electron chi connectivity index (χ1n) is 4.71. The number of rotatable bonds is 3. The fraction of sp³-hybridized carbons (Fsp3) is 0.889. The van der Waals surface area contributed by atoms with E-state index in [1.165, 1.54) is 0 Å². The first-order chi connectivity index (χ1) is 6.25. The van der Waals surface area contributed by atoms with Gasteiger partial charge in [-0.3, -0.25) is 4.79 Å². The van der Waals surface area contributed by atoms with Crippen LogP contribution in [0.3, 0.4) is 0 Å². The molecule has 0 spiro atoms. The number of nitrogens with one attached hydrogen (secondary N) is 1. The number of hydrogen-bond donors (Lipinski definition) is 1. The number of piperidine rings is 1. The van der Waals surface area contributed by atoms with E-state index in [1.807, 2.05) is 7.05 Å². The first-order valence-corrected chi connectivity index (χ1v) is 4.71. The van der Waals surface area contributed by atoms with Crippen LogP contribution in [0.4, 0.5) is 0 Å².